The zero-order valence-electron chi connectivity index (χ0n) is 9.76. The van der Waals surface area contributed by atoms with E-state index >= 15 is 0 Å². The lowest BCUT2D eigenvalue weighted by atomic mass is 10.1. The molecule has 100 valence electrons. The summed E-state index contributed by atoms with van der Waals surface area (Å²) in [6.07, 6.45) is 0.277. The highest BCUT2D eigenvalue weighted by molar-refractivity contribution is 7.87. The highest BCUT2D eigenvalue weighted by atomic mass is 32.2. The van der Waals surface area contributed by atoms with Gasteiger partial charge in [-0.3, -0.25) is 4.79 Å². The summed E-state index contributed by atoms with van der Waals surface area (Å²) in [5, 5.41) is 8.66. The second-order valence-corrected chi connectivity index (χ2v) is 5.69. The number of carboxylic acid groups (broad SMARTS) is 1. The Kier molecular flexibility index (Phi) is 5.31. The third kappa shape index (κ3) is 4.58. The lowest BCUT2D eigenvalue weighted by molar-refractivity contribution is -0.141. The molecule has 0 aromatic rings. The van der Waals surface area contributed by atoms with Gasteiger partial charge in [-0.1, -0.05) is 6.92 Å². The van der Waals surface area contributed by atoms with E-state index in [1.807, 2.05) is 0 Å². The normalized spacial score (nSPS) is 20.1. The van der Waals surface area contributed by atoms with Crippen LogP contribution in [-0.2, 0) is 19.7 Å². The maximum Gasteiger partial charge on any atom is 0.306 e. The van der Waals surface area contributed by atoms with E-state index in [0.717, 1.165) is 0 Å². The van der Waals surface area contributed by atoms with Crippen molar-refractivity contribution < 1.29 is 23.1 Å². The molecule has 1 aliphatic heterocycles. The average molecular weight is 266 g/mol. The molecule has 0 radical (unpaired) electrons. The third-order valence-corrected chi connectivity index (χ3v) is 4.21. The number of carbonyl (C=O) groups is 1. The minimum absolute atomic E-state index is 0.132. The van der Waals surface area contributed by atoms with Crippen molar-refractivity contribution in [2.24, 2.45) is 5.92 Å². The van der Waals surface area contributed by atoms with Crippen LogP contribution in [0.15, 0.2) is 0 Å². The molecule has 0 amide bonds. The number of hydrogen-bond donors (Lipinski definition) is 2. The fourth-order valence-corrected chi connectivity index (χ4v) is 2.59. The number of carboxylic acids is 1. The van der Waals surface area contributed by atoms with Crippen LogP contribution < -0.4 is 4.72 Å². The van der Waals surface area contributed by atoms with Crippen molar-refractivity contribution in [3.05, 3.63) is 0 Å². The highest BCUT2D eigenvalue weighted by Gasteiger charge is 2.24. The van der Waals surface area contributed by atoms with Gasteiger partial charge in [-0.2, -0.15) is 12.7 Å². The van der Waals surface area contributed by atoms with Crippen LogP contribution in [0.5, 0.6) is 0 Å². The van der Waals surface area contributed by atoms with E-state index in [4.69, 9.17) is 9.84 Å². The lowest BCUT2D eigenvalue weighted by Gasteiger charge is -2.26. The molecule has 1 aliphatic rings. The first-order valence-corrected chi connectivity index (χ1v) is 6.93. The SMILES string of the molecule is CC(CCNS(=O)(=O)N1CCOCC1)C(=O)O. The number of rotatable bonds is 6. The number of aliphatic carboxylic acids is 1. The van der Waals surface area contributed by atoms with E-state index in [2.05, 4.69) is 4.72 Å². The molecule has 8 heteroatoms. The minimum atomic E-state index is -3.49. The molecule has 2 N–H and O–H groups in total. The quantitative estimate of drug-likeness (QED) is 0.660. The molecule has 1 fully saturated rings. The molecular weight excluding hydrogens is 248 g/mol. The Morgan fingerprint density at radius 1 is 1.47 bits per heavy atom. The summed E-state index contributed by atoms with van der Waals surface area (Å²) >= 11 is 0. The predicted octanol–water partition coefficient (Wildman–Crippen LogP) is -0.736. The summed E-state index contributed by atoms with van der Waals surface area (Å²) < 4.78 is 32.3. The first-order chi connectivity index (χ1) is 7.93. The molecule has 1 heterocycles. The molecule has 17 heavy (non-hydrogen) atoms. The van der Waals surface area contributed by atoms with Gasteiger partial charge in [-0.05, 0) is 6.42 Å². The average Bonchev–Trinajstić information content (AvgIpc) is 2.29. The van der Waals surface area contributed by atoms with Gasteiger partial charge < -0.3 is 9.84 Å². The third-order valence-electron chi connectivity index (χ3n) is 2.59. The largest absolute Gasteiger partial charge is 0.481 e. The lowest BCUT2D eigenvalue weighted by Crippen LogP contribution is -2.47. The Morgan fingerprint density at radius 2 is 2.06 bits per heavy atom. The Labute approximate surface area is 101 Å². The summed E-state index contributed by atoms with van der Waals surface area (Å²) in [4.78, 5) is 10.6. The van der Waals surface area contributed by atoms with E-state index in [9.17, 15) is 13.2 Å². The van der Waals surface area contributed by atoms with Crippen LogP contribution in [0, 0.1) is 5.92 Å². The van der Waals surface area contributed by atoms with Gasteiger partial charge in [0.2, 0.25) is 0 Å². The smallest absolute Gasteiger partial charge is 0.306 e. The van der Waals surface area contributed by atoms with Crippen LogP contribution in [0.4, 0.5) is 0 Å². The molecule has 0 bridgehead atoms. The van der Waals surface area contributed by atoms with Gasteiger partial charge in [-0.15, -0.1) is 0 Å². The topological polar surface area (TPSA) is 95.9 Å². The predicted molar refractivity (Wildman–Crippen MR) is 60.7 cm³/mol. The molecule has 0 aliphatic carbocycles. The van der Waals surface area contributed by atoms with E-state index in [1.165, 1.54) is 4.31 Å². The number of nitrogens with zero attached hydrogens (tertiary/aromatic N) is 1. The molecule has 0 spiro atoms. The van der Waals surface area contributed by atoms with Crippen molar-refractivity contribution in [3.63, 3.8) is 0 Å². The molecular formula is C9H18N2O5S. The second kappa shape index (κ2) is 6.29. The molecule has 1 unspecified atom stereocenters. The number of hydrogen-bond acceptors (Lipinski definition) is 4. The van der Waals surface area contributed by atoms with Gasteiger partial charge in [0.15, 0.2) is 0 Å². The maximum atomic E-state index is 11.7. The van der Waals surface area contributed by atoms with Gasteiger partial charge in [0, 0.05) is 19.6 Å². The van der Waals surface area contributed by atoms with Crippen LogP contribution in [0.25, 0.3) is 0 Å². The van der Waals surface area contributed by atoms with Crippen LogP contribution in [0.3, 0.4) is 0 Å². The van der Waals surface area contributed by atoms with Gasteiger partial charge in [-0.25, -0.2) is 4.72 Å². The molecule has 1 saturated heterocycles. The van der Waals surface area contributed by atoms with Crippen molar-refractivity contribution in [1.82, 2.24) is 9.03 Å². The fraction of sp³-hybridized carbons (Fsp3) is 0.889. The maximum absolute atomic E-state index is 11.7. The van der Waals surface area contributed by atoms with Crippen molar-refractivity contribution in [1.29, 1.82) is 0 Å². The summed E-state index contributed by atoms with van der Waals surface area (Å²) in [5.41, 5.74) is 0. The number of morpholine rings is 1. The van der Waals surface area contributed by atoms with Gasteiger partial charge in [0.1, 0.15) is 0 Å². The standard InChI is InChI=1S/C9H18N2O5S/c1-8(9(12)13)2-3-10-17(14,15)11-4-6-16-7-5-11/h8,10H,2-7H2,1H3,(H,12,13). The minimum Gasteiger partial charge on any atom is -0.481 e. The van der Waals surface area contributed by atoms with E-state index in [1.54, 1.807) is 6.92 Å². The van der Waals surface area contributed by atoms with Crippen molar-refractivity contribution >= 4 is 16.2 Å². The first-order valence-electron chi connectivity index (χ1n) is 5.49. The summed E-state index contributed by atoms with van der Waals surface area (Å²) in [6.45, 7) is 3.14. The highest BCUT2D eigenvalue weighted by Crippen LogP contribution is 2.04. The first kappa shape index (κ1) is 14.4. The summed E-state index contributed by atoms with van der Waals surface area (Å²) in [7, 11) is -3.49. The Morgan fingerprint density at radius 3 is 2.59 bits per heavy atom. The van der Waals surface area contributed by atoms with Crippen LogP contribution in [0.1, 0.15) is 13.3 Å². The van der Waals surface area contributed by atoms with Gasteiger partial charge >= 0.3 is 5.97 Å². The van der Waals surface area contributed by atoms with Crippen molar-refractivity contribution in [2.45, 2.75) is 13.3 Å². The number of ether oxygens (including phenoxy) is 1. The fourth-order valence-electron chi connectivity index (χ4n) is 1.41. The zero-order chi connectivity index (χ0) is 12.9. The molecule has 1 rings (SSSR count). The molecule has 1 atom stereocenters. The van der Waals surface area contributed by atoms with E-state index in [-0.39, 0.29) is 13.0 Å². The Bertz CT molecular complexity index is 350. The summed E-state index contributed by atoms with van der Waals surface area (Å²) in [6, 6.07) is 0. The number of nitrogens with one attached hydrogen (secondary N) is 1. The van der Waals surface area contributed by atoms with Crippen LogP contribution >= 0.6 is 0 Å². The van der Waals surface area contributed by atoms with Crippen LogP contribution in [0.2, 0.25) is 0 Å². The Balaban J connectivity index is 2.36. The van der Waals surface area contributed by atoms with Crippen molar-refractivity contribution in [2.75, 3.05) is 32.8 Å². The van der Waals surface area contributed by atoms with E-state index in [0.29, 0.717) is 26.3 Å². The van der Waals surface area contributed by atoms with Gasteiger partial charge in [0.25, 0.3) is 10.2 Å². The van der Waals surface area contributed by atoms with E-state index < -0.39 is 22.1 Å². The Hall–Kier alpha value is -0.700. The monoisotopic (exact) mass is 266 g/mol. The molecule has 0 aromatic heterocycles. The summed E-state index contributed by atoms with van der Waals surface area (Å²) in [5.74, 6) is -1.47. The van der Waals surface area contributed by atoms with Crippen LogP contribution in [-0.4, -0.2) is 56.6 Å². The molecule has 7 nitrogen and oxygen atoms in total. The molecule has 0 aromatic carbocycles. The zero-order valence-corrected chi connectivity index (χ0v) is 10.6. The van der Waals surface area contributed by atoms with Gasteiger partial charge in [0.05, 0.1) is 19.1 Å². The second-order valence-electron chi connectivity index (χ2n) is 3.94. The molecule has 0 saturated carbocycles. The van der Waals surface area contributed by atoms with Crippen molar-refractivity contribution in [3.8, 4) is 0 Å².